The number of pyridine rings is 2. The summed E-state index contributed by atoms with van der Waals surface area (Å²) in [7, 11) is 0. The standard InChI is InChI=1S/C19H23N3O/c1-3-16(12-20-7-1)14-22-9-5-19(6-10-22)11-18(15-23-19)17-4-2-8-21-13-17/h1-4,7-8,12-13,18H,5-6,9-11,14-15H2/t18-/m0/s1. The lowest BCUT2D eigenvalue weighted by atomic mass is 9.83. The molecule has 1 atom stereocenters. The third-order valence-electron chi connectivity index (χ3n) is 5.26. The Hall–Kier alpha value is -1.78. The molecule has 2 aliphatic heterocycles. The summed E-state index contributed by atoms with van der Waals surface area (Å²) >= 11 is 0. The Morgan fingerprint density at radius 3 is 2.57 bits per heavy atom. The minimum absolute atomic E-state index is 0.0892. The van der Waals surface area contributed by atoms with Crippen LogP contribution in [0, 0.1) is 0 Å². The maximum atomic E-state index is 6.28. The van der Waals surface area contributed by atoms with Crippen LogP contribution in [0.3, 0.4) is 0 Å². The van der Waals surface area contributed by atoms with Crippen LogP contribution >= 0.6 is 0 Å². The normalized spacial score (nSPS) is 24.1. The minimum Gasteiger partial charge on any atom is -0.374 e. The van der Waals surface area contributed by atoms with Gasteiger partial charge in [0.1, 0.15) is 0 Å². The molecule has 0 aliphatic carbocycles. The summed E-state index contributed by atoms with van der Waals surface area (Å²) < 4.78 is 6.28. The number of rotatable bonds is 3. The van der Waals surface area contributed by atoms with E-state index in [0.29, 0.717) is 5.92 Å². The Kier molecular flexibility index (Phi) is 4.10. The molecule has 2 saturated heterocycles. The zero-order valence-electron chi connectivity index (χ0n) is 13.4. The van der Waals surface area contributed by atoms with Gasteiger partial charge in [0.05, 0.1) is 12.2 Å². The van der Waals surface area contributed by atoms with E-state index in [4.69, 9.17) is 4.74 Å². The van der Waals surface area contributed by atoms with E-state index in [0.717, 1.165) is 45.5 Å². The van der Waals surface area contributed by atoms with Gasteiger partial charge >= 0.3 is 0 Å². The topological polar surface area (TPSA) is 38.2 Å². The van der Waals surface area contributed by atoms with Crippen LogP contribution in [0.5, 0.6) is 0 Å². The molecule has 4 rings (SSSR count). The Morgan fingerprint density at radius 1 is 1.09 bits per heavy atom. The van der Waals surface area contributed by atoms with Crippen molar-refractivity contribution in [3.63, 3.8) is 0 Å². The third-order valence-corrected chi connectivity index (χ3v) is 5.26. The van der Waals surface area contributed by atoms with Crippen molar-refractivity contribution in [2.45, 2.75) is 37.3 Å². The number of hydrogen-bond donors (Lipinski definition) is 0. The molecule has 0 radical (unpaired) electrons. The van der Waals surface area contributed by atoms with Crippen molar-refractivity contribution in [2.24, 2.45) is 0 Å². The van der Waals surface area contributed by atoms with Crippen molar-refractivity contribution < 1.29 is 4.74 Å². The predicted molar refractivity (Wildman–Crippen MR) is 89.0 cm³/mol. The van der Waals surface area contributed by atoms with Crippen LogP contribution in [0.15, 0.2) is 49.1 Å². The molecule has 1 spiro atoms. The van der Waals surface area contributed by atoms with E-state index in [9.17, 15) is 0 Å². The number of piperidine rings is 1. The molecular formula is C19H23N3O. The lowest BCUT2D eigenvalue weighted by Crippen LogP contribution is -2.43. The average Bonchev–Trinajstić information content (AvgIpc) is 3.03. The monoisotopic (exact) mass is 309 g/mol. The van der Waals surface area contributed by atoms with Crippen molar-refractivity contribution in [2.75, 3.05) is 19.7 Å². The Bertz CT molecular complexity index is 624. The molecule has 2 aliphatic rings. The smallest absolute Gasteiger partial charge is 0.0713 e. The van der Waals surface area contributed by atoms with E-state index < -0.39 is 0 Å². The number of aromatic nitrogens is 2. The van der Waals surface area contributed by atoms with Crippen molar-refractivity contribution in [3.8, 4) is 0 Å². The fourth-order valence-corrected chi connectivity index (χ4v) is 3.89. The van der Waals surface area contributed by atoms with E-state index in [1.54, 1.807) is 0 Å². The molecule has 0 amide bonds. The third kappa shape index (κ3) is 3.28. The lowest BCUT2D eigenvalue weighted by molar-refractivity contribution is -0.0448. The maximum absolute atomic E-state index is 6.28. The second-order valence-corrected chi connectivity index (χ2v) is 6.82. The summed E-state index contributed by atoms with van der Waals surface area (Å²) in [6.45, 7) is 4.05. The highest BCUT2D eigenvalue weighted by Gasteiger charge is 2.42. The Morgan fingerprint density at radius 2 is 1.87 bits per heavy atom. The molecule has 120 valence electrons. The molecule has 2 fully saturated rings. The Labute approximate surface area is 137 Å². The van der Waals surface area contributed by atoms with Crippen molar-refractivity contribution in [1.82, 2.24) is 14.9 Å². The van der Waals surface area contributed by atoms with Gasteiger partial charge < -0.3 is 4.74 Å². The number of hydrogen-bond acceptors (Lipinski definition) is 4. The highest BCUT2D eigenvalue weighted by molar-refractivity contribution is 5.18. The summed E-state index contributed by atoms with van der Waals surface area (Å²) in [6.07, 6.45) is 11.0. The minimum atomic E-state index is 0.0892. The van der Waals surface area contributed by atoms with E-state index in [2.05, 4.69) is 27.0 Å². The fourth-order valence-electron chi connectivity index (χ4n) is 3.89. The molecular weight excluding hydrogens is 286 g/mol. The molecule has 0 unspecified atom stereocenters. The van der Waals surface area contributed by atoms with E-state index in [-0.39, 0.29) is 5.60 Å². The molecule has 0 aromatic carbocycles. The first kappa shape index (κ1) is 14.8. The molecule has 0 bridgehead atoms. The van der Waals surface area contributed by atoms with E-state index in [1.807, 2.05) is 36.9 Å². The molecule has 2 aromatic heterocycles. The van der Waals surface area contributed by atoms with Gasteiger partial charge in [-0.25, -0.2) is 0 Å². The molecule has 4 heteroatoms. The van der Waals surface area contributed by atoms with Gasteiger partial charge in [-0.15, -0.1) is 0 Å². The Balaban J connectivity index is 1.35. The van der Waals surface area contributed by atoms with Gasteiger partial charge in [-0.2, -0.15) is 0 Å². The number of nitrogens with zero attached hydrogens (tertiary/aromatic N) is 3. The van der Waals surface area contributed by atoms with Gasteiger partial charge in [0.15, 0.2) is 0 Å². The van der Waals surface area contributed by atoms with Gasteiger partial charge in [-0.3, -0.25) is 14.9 Å². The van der Waals surface area contributed by atoms with Crippen molar-refractivity contribution >= 4 is 0 Å². The van der Waals surface area contributed by atoms with Gasteiger partial charge in [-0.05, 0) is 42.5 Å². The van der Waals surface area contributed by atoms with Crippen LogP contribution in [0.2, 0.25) is 0 Å². The van der Waals surface area contributed by atoms with Crippen LogP contribution in [-0.4, -0.2) is 40.2 Å². The first-order valence-electron chi connectivity index (χ1n) is 8.48. The number of ether oxygens (including phenoxy) is 1. The highest BCUT2D eigenvalue weighted by Crippen LogP contribution is 2.42. The average molecular weight is 309 g/mol. The lowest BCUT2D eigenvalue weighted by Gasteiger charge is -2.38. The largest absolute Gasteiger partial charge is 0.374 e. The van der Waals surface area contributed by atoms with Gasteiger partial charge in [0.25, 0.3) is 0 Å². The summed E-state index contributed by atoms with van der Waals surface area (Å²) in [6, 6.07) is 8.37. The zero-order valence-corrected chi connectivity index (χ0v) is 13.4. The van der Waals surface area contributed by atoms with Crippen LogP contribution in [0.1, 0.15) is 36.3 Å². The second kappa shape index (κ2) is 6.38. The molecule has 2 aromatic rings. The van der Waals surface area contributed by atoms with Gasteiger partial charge in [-0.1, -0.05) is 12.1 Å². The van der Waals surface area contributed by atoms with Crippen molar-refractivity contribution in [1.29, 1.82) is 0 Å². The van der Waals surface area contributed by atoms with Crippen molar-refractivity contribution in [3.05, 3.63) is 60.2 Å². The van der Waals surface area contributed by atoms with Crippen LogP contribution in [-0.2, 0) is 11.3 Å². The summed E-state index contributed by atoms with van der Waals surface area (Å²) in [5.41, 5.74) is 2.71. The van der Waals surface area contributed by atoms with Crippen LogP contribution < -0.4 is 0 Å². The predicted octanol–water partition coefficient (Wildman–Crippen LogP) is 3.02. The first-order chi connectivity index (χ1) is 11.3. The van der Waals surface area contributed by atoms with Crippen LogP contribution in [0.4, 0.5) is 0 Å². The summed E-state index contributed by atoms with van der Waals surface area (Å²) in [5.74, 6) is 0.508. The molecule has 4 heterocycles. The van der Waals surface area contributed by atoms with Gasteiger partial charge in [0.2, 0.25) is 0 Å². The maximum Gasteiger partial charge on any atom is 0.0713 e. The second-order valence-electron chi connectivity index (χ2n) is 6.82. The van der Waals surface area contributed by atoms with Crippen LogP contribution in [0.25, 0.3) is 0 Å². The first-order valence-corrected chi connectivity index (χ1v) is 8.48. The van der Waals surface area contributed by atoms with Gasteiger partial charge in [0, 0.05) is 50.3 Å². The molecule has 0 N–H and O–H groups in total. The highest BCUT2D eigenvalue weighted by atomic mass is 16.5. The summed E-state index contributed by atoms with van der Waals surface area (Å²) in [5, 5.41) is 0. The van der Waals surface area contributed by atoms with E-state index >= 15 is 0 Å². The fraction of sp³-hybridized carbons (Fsp3) is 0.474. The quantitative estimate of drug-likeness (QED) is 0.873. The zero-order chi connectivity index (χ0) is 15.5. The van der Waals surface area contributed by atoms with E-state index in [1.165, 1.54) is 11.1 Å². The SMILES string of the molecule is c1cncc(CN2CCC3(CC2)C[C@H](c2cccnc2)CO3)c1. The molecule has 0 saturated carbocycles. The summed E-state index contributed by atoms with van der Waals surface area (Å²) in [4.78, 5) is 11.0. The molecule has 4 nitrogen and oxygen atoms in total. The number of likely N-dealkylation sites (tertiary alicyclic amines) is 1. The molecule has 23 heavy (non-hydrogen) atoms.